The zero-order chi connectivity index (χ0) is 16.8. The van der Waals surface area contributed by atoms with Crippen molar-refractivity contribution < 1.29 is 9.84 Å². The highest BCUT2D eigenvalue weighted by molar-refractivity contribution is 5.67. The van der Waals surface area contributed by atoms with Gasteiger partial charge in [0.1, 0.15) is 0 Å². The number of allylic oxidation sites excluding steroid dienone is 2. The van der Waals surface area contributed by atoms with Crippen molar-refractivity contribution in [3.63, 3.8) is 0 Å². The quantitative estimate of drug-likeness (QED) is 0.777. The van der Waals surface area contributed by atoms with Crippen molar-refractivity contribution in [2.75, 3.05) is 12.4 Å². The minimum atomic E-state index is 0.0769. The predicted molar refractivity (Wildman–Crippen MR) is 96.9 cm³/mol. The van der Waals surface area contributed by atoms with E-state index in [0.29, 0.717) is 17.6 Å². The molecule has 0 aromatic heterocycles. The number of rotatable bonds is 2. The molecule has 1 aliphatic heterocycles. The van der Waals surface area contributed by atoms with E-state index >= 15 is 0 Å². The van der Waals surface area contributed by atoms with Crippen LogP contribution in [0, 0.1) is 19.8 Å². The minimum Gasteiger partial charge on any atom is -0.504 e. The predicted octanol–water partition coefficient (Wildman–Crippen LogP) is 4.84. The normalized spacial score (nSPS) is 24.2. The maximum absolute atomic E-state index is 10.6. The van der Waals surface area contributed by atoms with Crippen LogP contribution in [0.15, 0.2) is 42.5 Å². The first-order valence-electron chi connectivity index (χ1n) is 8.51. The van der Waals surface area contributed by atoms with E-state index in [1.807, 2.05) is 12.1 Å². The molecule has 0 fully saturated rings. The maximum Gasteiger partial charge on any atom is 0.163 e. The molecule has 0 saturated carbocycles. The zero-order valence-corrected chi connectivity index (χ0v) is 14.3. The lowest BCUT2D eigenvalue weighted by Gasteiger charge is -2.39. The topological polar surface area (TPSA) is 41.5 Å². The summed E-state index contributed by atoms with van der Waals surface area (Å²) in [4.78, 5) is 0. The molecule has 0 bridgehead atoms. The second kappa shape index (κ2) is 5.59. The van der Waals surface area contributed by atoms with Gasteiger partial charge in [-0.1, -0.05) is 36.4 Å². The highest BCUT2D eigenvalue weighted by Gasteiger charge is 2.40. The van der Waals surface area contributed by atoms with Crippen molar-refractivity contribution >= 4 is 5.69 Å². The summed E-state index contributed by atoms with van der Waals surface area (Å²) in [7, 11) is 1.59. The summed E-state index contributed by atoms with van der Waals surface area (Å²) in [5.74, 6) is 1.59. The summed E-state index contributed by atoms with van der Waals surface area (Å²) >= 11 is 0. The summed E-state index contributed by atoms with van der Waals surface area (Å²) in [6, 6.07) is 10.2. The Morgan fingerprint density at radius 1 is 1.12 bits per heavy atom. The molecule has 0 amide bonds. The number of benzene rings is 2. The van der Waals surface area contributed by atoms with Gasteiger partial charge in [0.25, 0.3) is 0 Å². The Morgan fingerprint density at radius 2 is 1.92 bits per heavy atom. The Labute approximate surface area is 143 Å². The van der Waals surface area contributed by atoms with E-state index in [9.17, 15) is 5.11 Å². The van der Waals surface area contributed by atoms with Crippen LogP contribution in [0.2, 0.25) is 0 Å². The number of aromatic hydroxyl groups is 1. The van der Waals surface area contributed by atoms with Gasteiger partial charge in [-0.2, -0.15) is 0 Å². The van der Waals surface area contributed by atoms with E-state index in [2.05, 4.69) is 43.4 Å². The second-order valence-electron chi connectivity index (χ2n) is 6.86. The van der Waals surface area contributed by atoms with Crippen molar-refractivity contribution in [3.05, 3.63) is 64.7 Å². The molecule has 0 spiro atoms. The first kappa shape index (κ1) is 15.1. The third kappa shape index (κ3) is 2.11. The molecule has 24 heavy (non-hydrogen) atoms. The summed E-state index contributed by atoms with van der Waals surface area (Å²) in [5.41, 5.74) is 6.13. The molecule has 3 nitrogen and oxygen atoms in total. The molecule has 0 radical (unpaired) electrons. The molecule has 3 atom stereocenters. The van der Waals surface area contributed by atoms with E-state index in [1.165, 1.54) is 22.4 Å². The third-order valence-electron chi connectivity index (χ3n) is 5.53. The number of nitrogens with one attached hydrogen (secondary N) is 1. The van der Waals surface area contributed by atoms with Crippen LogP contribution in [0.4, 0.5) is 5.69 Å². The molecule has 1 aliphatic carbocycles. The van der Waals surface area contributed by atoms with Crippen molar-refractivity contribution in [1.29, 1.82) is 0 Å². The lowest BCUT2D eigenvalue weighted by molar-refractivity contribution is 0.358. The molecule has 2 aliphatic rings. The molecule has 2 aromatic carbocycles. The highest BCUT2D eigenvalue weighted by Crippen LogP contribution is 2.53. The van der Waals surface area contributed by atoms with Crippen LogP contribution < -0.4 is 10.1 Å². The van der Waals surface area contributed by atoms with Crippen molar-refractivity contribution in [3.8, 4) is 11.5 Å². The van der Waals surface area contributed by atoms with Crippen LogP contribution >= 0.6 is 0 Å². The molecule has 124 valence electrons. The van der Waals surface area contributed by atoms with Crippen molar-refractivity contribution in [2.24, 2.45) is 5.92 Å². The van der Waals surface area contributed by atoms with Gasteiger partial charge in [0.15, 0.2) is 11.5 Å². The second-order valence-corrected chi connectivity index (χ2v) is 6.86. The van der Waals surface area contributed by atoms with Gasteiger partial charge in [0.2, 0.25) is 0 Å². The third-order valence-corrected chi connectivity index (χ3v) is 5.53. The summed E-state index contributed by atoms with van der Waals surface area (Å²) < 4.78 is 5.31. The molecule has 3 heteroatoms. The van der Waals surface area contributed by atoms with Crippen molar-refractivity contribution in [2.45, 2.75) is 32.2 Å². The zero-order valence-electron chi connectivity index (χ0n) is 14.3. The van der Waals surface area contributed by atoms with E-state index in [-0.39, 0.29) is 11.8 Å². The van der Waals surface area contributed by atoms with Gasteiger partial charge >= 0.3 is 0 Å². The van der Waals surface area contributed by atoms with Gasteiger partial charge < -0.3 is 15.2 Å². The van der Waals surface area contributed by atoms with Crippen molar-refractivity contribution in [1.82, 2.24) is 0 Å². The monoisotopic (exact) mass is 321 g/mol. The number of phenolic OH excluding ortho intramolecular Hbond substituents is 1. The molecule has 4 rings (SSSR count). The first-order chi connectivity index (χ1) is 11.6. The van der Waals surface area contributed by atoms with Gasteiger partial charge in [-0.05, 0) is 48.9 Å². The van der Waals surface area contributed by atoms with Gasteiger partial charge in [-0.15, -0.1) is 0 Å². The minimum absolute atomic E-state index is 0.0769. The number of anilines is 1. The van der Waals surface area contributed by atoms with Crippen LogP contribution in [0.5, 0.6) is 11.5 Å². The standard InChI is InChI=1S/C21H23NO2/c1-12-10-11-13(2)19-18(12)14-6-4-7-15(14)20(22-19)16-8-5-9-17(24-3)21(16)23/h4-6,8-11,14-15,20,22-23H,7H2,1-3H3. The first-order valence-corrected chi connectivity index (χ1v) is 8.51. The number of para-hydroxylation sites is 1. The van der Waals surface area contributed by atoms with E-state index in [1.54, 1.807) is 13.2 Å². The SMILES string of the molecule is COc1cccc(C2Nc3c(C)ccc(C)c3C3C=CCC32)c1O. The average molecular weight is 321 g/mol. The number of aryl methyl sites for hydroxylation is 2. The van der Waals surface area contributed by atoms with Crippen LogP contribution in [0.3, 0.4) is 0 Å². The summed E-state index contributed by atoms with van der Waals surface area (Å²) in [6.45, 7) is 4.33. The molecular weight excluding hydrogens is 298 g/mol. The van der Waals surface area contributed by atoms with Gasteiger partial charge in [-0.3, -0.25) is 0 Å². The Bertz CT molecular complexity index is 825. The number of methoxy groups -OCH3 is 1. The van der Waals surface area contributed by atoms with Crippen LogP contribution in [0.1, 0.15) is 40.6 Å². The van der Waals surface area contributed by atoms with E-state index in [4.69, 9.17) is 4.74 Å². The van der Waals surface area contributed by atoms with Gasteiger partial charge in [0.05, 0.1) is 13.2 Å². The maximum atomic E-state index is 10.6. The molecular formula is C21H23NO2. The van der Waals surface area contributed by atoms with Crippen LogP contribution in [-0.2, 0) is 0 Å². The number of fused-ring (bicyclic) bond motifs is 3. The fourth-order valence-corrected chi connectivity index (χ4v) is 4.31. The largest absolute Gasteiger partial charge is 0.504 e. The Hall–Kier alpha value is -2.42. The molecule has 2 aromatic rings. The number of phenols is 1. The van der Waals surface area contributed by atoms with E-state index in [0.717, 1.165) is 12.0 Å². The molecule has 0 saturated heterocycles. The Kier molecular flexibility index (Phi) is 3.52. The molecule has 3 unspecified atom stereocenters. The fraction of sp³-hybridized carbons (Fsp3) is 0.333. The number of ether oxygens (including phenoxy) is 1. The Morgan fingerprint density at radius 3 is 2.71 bits per heavy atom. The lowest BCUT2D eigenvalue weighted by atomic mass is 9.75. The van der Waals surface area contributed by atoms with E-state index < -0.39 is 0 Å². The number of hydrogen-bond donors (Lipinski definition) is 2. The summed E-state index contributed by atoms with van der Waals surface area (Å²) in [5, 5.41) is 14.4. The Balaban J connectivity index is 1.86. The average Bonchev–Trinajstić information content (AvgIpc) is 3.07. The van der Waals surface area contributed by atoms with Crippen LogP contribution in [0.25, 0.3) is 0 Å². The smallest absolute Gasteiger partial charge is 0.163 e. The lowest BCUT2D eigenvalue weighted by Crippen LogP contribution is -2.30. The number of hydrogen-bond acceptors (Lipinski definition) is 3. The van der Waals surface area contributed by atoms with Gasteiger partial charge in [-0.25, -0.2) is 0 Å². The van der Waals surface area contributed by atoms with Crippen LogP contribution in [-0.4, -0.2) is 12.2 Å². The van der Waals surface area contributed by atoms with Gasteiger partial charge in [0, 0.05) is 17.2 Å². The highest BCUT2D eigenvalue weighted by atomic mass is 16.5. The molecule has 1 heterocycles. The molecule has 2 N–H and O–H groups in total. The fourth-order valence-electron chi connectivity index (χ4n) is 4.31. The summed E-state index contributed by atoms with van der Waals surface area (Å²) in [6.07, 6.45) is 5.63.